The van der Waals surface area contributed by atoms with Crippen LogP contribution < -0.4 is 21.3 Å². The summed E-state index contributed by atoms with van der Waals surface area (Å²) < 4.78 is 0. The van der Waals surface area contributed by atoms with Crippen LogP contribution >= 0.6 is 24.0 Å². The predicted octanol–water partition coefficient (Wildman–Crippen LogP) is 2.25. The maximum atomic E-state index is 11.6. The molecule has 0 saturated carbocycles. The monoisotopic (exact) mass is 488 g/mol. The van der Waals surface area contributed by atoms with Gasteiger partial charge in [-0.3, -0.25) is 4.79 Å². The number of amides is 1. The normalized spacial score (nSPS) is 18.4. The molecule has 1 aliphatic heterocycles. The first-order valence-electron chi connectivity index (χ1n) is 9.58. The predicted molar refractivity (Wildman–Crippen MR) is 121 cm³/mol. The van der Waals surface area contributed by atoms with Gasteiger partial charge in [0.15, 0.2) is 5.96 Å². The summed E-state index contributed by atoms with van der Waals surface area (Å²) in [6.45, 7) is 9.21. The number of hydrogen-bond donors (Lipinski definition) is 3. The van der Waals surface area contributed by atoms with E-state index in [-0.39, 0.29) is 35.8 Å². The summed E-state index contributed by atoms with van der Waals surface area (Å²) in [5.74, 6) is 1.38. The maximum Gasteiger partial charge on any atom is 0.222 e. The van der Waals surface area contributed by atoms with Gasteiger partial charge in [-0.25, -0.2) is 9.98 Å². The molecule has 4 N–H and O–H groups in total. The van der Waals surface area contributed by atoms with E-state index in [1.165, 1.54) is 0 Å². The smallest absolute Gasteiger partial charge is 0.222 e. The number of aromatic nitrogens is 1. The number of nitrogens with zero attached hydrogens (tertiary/aromatic N) is 3. The van der Waals surface area contributed by atoms with Crippen molar-refractivity contribution in [1.29, 1.82) is 0 Å². The molecule has 7 nitrogen and oxygen atoms in total. The minimum Gasteiger partial charge on any atom is -0.369 e. The molecule has 1 fully saturated rings. The summed E-state index contributed by atoms with van der Waals surface area (Å²) >= 11 is 0. The highest BCUT2D eigenvalue weighted by molar-refractivity contribution is 14.0. The van der Waals surface area contributed by atoms with Crippen LogP contribution in [-0.2, 0) is 11.3 Å². The lowest BCUT2D eigenvalue weighted by atomic mass is 9.97. The third kappa shape index (κ3) is 7.15. The van der Waals surface area contributed by atoms with Crippen molar-refractivity contribution in [2.75, 3.05) is 24.5 Å². The van der Waals surface area contributed by atoms with Gasteiger partial charge in [0.05, 0.1) is 12.5 Å². The Morgan fingerprint density at radius 3 is 2.93 bits per heavy atom. The van der Waals surface area contributed by atoms with Gasteiger partial charge in [-0.2, -0.15) is 0 Å². The summed E-state index contributed by atoms with van der Waals surface area (Å²) in [5, 5.41) is 6.69. The van der Waals surface area contributed by atoms with Crippen molar-refractivity contribution in [1.82, 2.24) is 15.6 Å². The Labute approximate surface area is 179 Å². The van der Waals surface area contributed by atoms with E-state index in [1.807, 2.05) is 12.1 Å². The molecule has 1 saturated heterocycles. The molecule has 8 heteroatoms. The fraction of sp³-hybridized carbons (Fsp3) is 0.632. The van der Waals surface area contributed by atoms with Crippen molar-refractivity contribution < 1.29 is 4.79 Å². The number of guanidine groups is 1. The van der Waals surface area contributed by atoms with E-state index in [0.29, 0.717) is 19.1 Å². The number of aliphatic imine (C=N–C) groups is 1. The first-order chi connectivity index (χ1) is 12.5. The average molecular weight is 488 g/mol. The topological polar surface area (TPSA) is 95.6 Å². The van der Waals surface area contributed by atoms with Gasteiger partial charge in [0.2, 0.25) is 5.91 Å². The first-order valence-corrected chi connectivity index (χ1v) is 9.58. The second-order valence-corrected chi connectivity index (χ2v) is 6.82. The fourth-order valence-electron chi connectivity index (χ4n) is 3.06. The highest BCUT2D eigenvalue weighted by Gasteiger charge is 2.25. The average Bonchev–Trinajstić information content (AvgIpc) is 2.66. The number of primary amides is 1. The number of hydrogen-bond acceptors (Lipinski definition) is 4. The molecule has 2 unspecified atom stereocenters. The Balaban J connectivity index is 0.00000364. The van der Waals surface area contributed by atoms with E-state index >= 15 is 0 Å². The molecule has 1 aromatic rings. The Kier molecular flexibility index (Phi) is 10.4. The molecule has 27 heavy (non-hydrogen) atoms. The Hall–Kier alpha value is -1.58. The van der Waals surface area contributed by atoms with Crippen LogP contribution in [0.1, 0.15) is 45.6 Å². The summed E-state index contributed by atoms with van der Waals surface area (Å²) in [5.41, 5.74) is 6.57. The number of nitrogens with two attached hydrogens (primary N) is 1. The fourth-order valence-corrected chi connectivity index (χ4v) is 3.06. The Morgan fingerprint density at radius 1 is 1.48 bits per heavy atom. The van der Waals surface area contributed by atoms with Crippen LogP contribution in [0.3, 0.4) is 0 Å². The van der Waals surface area contributed by atoms with Gasteiger partial charge in [0, 0.05) is 37.4 Å². The third-order valence-electron chi connectivity index (χ3n) is 4.74. The molecule has 2 heterocycles. The van der Waals surface area contributed by atoms with Crippen molar-refractivity contribution in [2.45, 2.75) is 52.6 Å². The maximum absolute atomic E-state index is 11.6. The van der Waals surface area contributed by atoms with Crippen LogP contribution in [0, 0.1) is 5.92 Å². The highest BCUT2D eigenvalue weighted by atomic mass is 127. The molecule has 0 aliphatic carbocycles. The Bertz CT molecular complexity index is 624. The molecule has 0 aromatic carbocycles. The number of carbonyl (C=O) groups excluding carboxylic acids is 1. The summed E-state index contributed by atoms with van der Waals surface area (Å²) in [4.78, 5) is 23.0. The lowest BCUT2D eigenvalue weighted by molar-refractivity contribution is -0.122. The number of piperidine rings is 1. The minimum atomic E-state index is -0.225. The van der Waals surface area contributed by atoms with E-state index in [9.17, 15) is 4.79 Å². The van der Waals surface area contributed by atoms with E-state index in [2.05, 4.69) is 41.3 Å². The van der Waals surface area contributed by atoms with Gasteiger partial charge in [-0.05, 0) is 39.2 Å². The van der Waals surface area contributed by atoms with Crippen molar-refractivity contribution in [2.24, 2.45) is 16.6 Å². The van der Waals surface area contributed by atoms with Gasteiger partial charge < -0.3 is 21.3 Å². The number of rotatable bonds is 7. The molecule has 1 aliphatic rings. The van der Waals surface area contributed by atoms with E-state index < -0.39 is 0 Å². The molecule has 0 spiro atoms. The van der Waals surface area contributed by atoms with Crippen molar-refractivity contribution in [3.8, 4) is 0 Å². The number of halogens is 1. The zero-order valence-electron chi connectivity index (χ0n) is 16.6. The number of pyridine rings is 1. The molecule has 152 valence electrons. The molecular weight excluding hydrogens is 455 g/mol. The second-order valence-electron chi connectivity index (χ2n) is 6.82. The molecule has 2 rings (SSSR count). The van der Waals surface area contributed by atoms with Crippen molar-refractivity contribution in [3.05, 3.63) is 23.9 Å². The molecule has 2 atom stereocenters. The lowest BCUT2D eigenvalue weighted by Gasteiger charge is -2.33. The van der Waals surface area contributed by atoms with E-state index in [1.54, 1.807) is 6.20 Å². The first kappa shape index (κ1) is 23.5. The quantitative estimate of drug-likeness (QED) is 0.311. The molecule has 0 radical (unpaired) electrons. The summed E-state index contributed by atoms with van der Waals surface area (Å²) in [7, 11) is 0. The van der Waals surface area contributed by atoms with Crippen LogP contribution in [0.25, 0.3) is 0 Å². The van der Waals surface area contributed by atoms with Crippen molar-refractivity contribution >= 4 is 41.7 Å². The van der Waals surface area contributed by atoms with Crippen LogP contribution in [-0.4, -0.2) is 42.5 Å². The SMILES string of the molecule is CCNC(=NCc1cccnc1N1CCCC(C(N)=O)C1)NC(C)CC.I. The second kappa shape index (κ2) is 12.0. The van der Waals surface area contributed by atoms with Crippen molar-refractivity contribution in [3.63, 3.8) is 0 Å². The number of nitrogens with one attached hydrogen (secondary N) is 2. The molecule has 1 aromatic heterocycles. The van der Waals surface area contributed by atoms with E-state index in [4.69, 9.17) is 10.7 Å². The van der Waals surface area contributed by atoms with E-state index in [0.717, 1.165) is 49.7 Å². The largest absolute Gasteiger partial charge is 0.369 e. The zero-order chi connectivity index (χ0) is 18.9. The summed E-state index contributed by atoms with van der Waals surface area (Å²) in [6, 6.07) is 4.34. The molecule has 0 bridgehead atoms. The van der Waals surface area contributed by atoms with Crippen LogP contribution in [0.15, 0.2) is 23.3 Å². The van der Waals surface area contributed by atoms with Gasteiger partial charge in [-0.15, -0.1) is 24.0 Å². The summed E-state index contributed by atoms with van der Waals surface area (Å²) in [6.07, 6.45) is 4.63. The van der Waals surface area contributed by atoms with Crippen LogP contribution in [0.2, 0.25) is 0 Å². The zero-order valence-corrected chi connectivity index (χ0v) is 18.9. The van der Waals surface area contributed by atoms with Gasteiger partial charge in [-0.1, -0.05) is 13.0 Å². The minimum absolute atomic E-state index is 0. The number of carbonyl (C=O) groups is 1. The Morgan fingerprint density at radius 2 is 2.26 bits per heavy atom. The van der Waals surface area contributed by atoms with Gasteiger partial charge in [0.25, 0.3) is 0 Å². The van der Waals surface area contributed by atoms with Crippen LogP contribution in [0.4, 0.5) is 5.82 Å². The van der Waals surface area contributed by atoms with Crippen LogP contribution in [0.5, 0.6) is 0 Å². The standard InChI is InChI=1S/C19H32N6O.HI/c1-4-14(3)24-19(21-5-2)23-12-15-8-6-10-22-18(15)25-11-7-9-16(13-25)17(20)26;/h6,8,10,14,16H,4-5,7,9,11-13H2,1-3H3,(H2,20,26)(H2,21,23,24);1H. The highest BCUT2D eigenvalue weighted by Crippen LogP contribution is 2.24. The van der Waals surface area contributed by atoms with Gasteiger partial charge >= 0.3 is 0 Å². The molecular formula is C19H33IN6O. The molecule has 1 amide bonds. The lowest BCUT2D eigenvalue weighted by Crippen LogP contribution is -2.42. The third-order valence-corrected chi connectivity index (χ3v) is 4.74. The number of anilines is 1. The van der Waals surface area contributed by atoms with Gasteiger partial charge in [0.1, 0.15) is 5.82 Å².